The summed E-state index contributed by atoms with van der Waals surface area (Å²) in [5.41, 5.74) is 0.962. The molecule has 21 heavy (non-hydrogen) atoms. The lowest BCUT2D eigenvalue weighted by molar-refractivity contribution is -0.133. The molecule has 0 saturated carbocycles. The quantitative estimate of drug-likeness (QED) is 0.945. The number of carbonyl (C=O) groups is 1. The molecule has 5 nitrogen and oxygen atoms in total. The molecule has 2 heterocycles. The van der Waals surface area contributed by atoms with Crippen molar-refractivity contribution in [3.05, 3.63) is 40.3 Å². The van der Waals surface area contributed by atoms with Gasteiger partial charge in [-0.1, -0.05) is 12.1 Å². The number of fused-ring (bicyclic) bond motifs is 1. The SMILES string of the molecule is Cc1csc(CNC(=O)[C@H]2Oc3ccccc3O[C@@H]2C)n1. The van der Waals surface area contributed by atoms with Crippen LogP contribution < -0.4 is 14.8 Å². The van der Waals surface area contributed by atoms with Gasteiger partial charge in [0.25, 0.3) is 5.91 Å². The summed E-state index contributed by atoms with van der Waals surface area (Å²) in [6.45, 7) is 4.16. The van der Waals surface area contributed by atoms with Crippen molar-refractivity contribution in [2.45, 2.75) is 32.6 Å². The highest BCUT2D eigenvalue weighted by Gasteiger charge is 2.33. The van der Waals surface area contributed by atoms with E-state index in [0.29, 0.717) is 18.0 Å². The van der Waals surface area contributed by atoms with E-state index in [-0.39, 0.29) is 12.0 Å². The number of hydrogen-bond donors (Lipinski definition) is 1. The van der Waals surface area contributed by atoms with E-state index in [1.807, 2.05) is 37.4 Å². The molecule has 6 heteroatoms. The number of rotatable bonds is 3. The van der Waals surface area contributed by atoms with E-state index < -0.39 is 6.10 Å². The van der Waals surface area contributed by atoms with Gasteiger partial charge in [-0.25, -0.2) is 4.98 Å². The number of para-hydroxylation sites is 2. The molecule has 0 saturated heterocycles. The zero-order valence-corrected chi connectivity index (χ0v) is 12.6. The topological polar surface area (TPSA) is 60.5 Å². The molecule has 3 rings (SSSR count). The molecule has 0 bridgehead atoms. The number of hydrogen-bond acceptors (Lipinski definition) is 5. The average molecular weight is 304 g/mol. The maximum atomic E-state index is 12.3. The van der Waals surface area contributed by atoms with Gasteiger partial charge in [-0.05, 0) is 26.0 Å². The number of ether oxygens (including phenoxy) is 2. The Balaban J connectivity index is 1.65. The van der Waals surface area contributed by atoms with Crippen LogP contribution >= 0.6 is 11.3 Å². The summed E-state index contributed by atoms with van der Waals surface area (Å²) in [4.78, 5) is 16.6. The Labute approximate surface area is 126 Å². The van der Waals surface area contributed by atoms with Gasteiger partial charge in [0.2, 0.25) is 6.10 Å². The van der Waals surface area contributed by atoms with Gasteiger partial charge in [-0.2, -0.15) is 0 Å². The molecule has 1 aliphatic heterocycles. The second-order valence-corrected chi connectivity index (χ2v) is 5.85. The number of nitrogens with zero attached hydrogens (tertiary/aromatic N) is 1. The first-order chi connectivity index (χ1) is 10.1. The van der Waals surface area contributed by atoms with Crippen molar-refractivity contribution < 1.29 is 14.3 Å². The van der Waals surface area contributed by atoms with Crippen LogP contribution in [0.1, 0.15) is 17.6 Å². The first kappa shape index (κ1) is 13.9. The number of aromatic nitrogens is 1. The third kappa shape index (κ3) is 3.00. The van der Waals surface area contributed by atoms with E-state index in [9.17, 15) is 4.79 Å². The molecule has 0 unspecified atom stereocenters. The summed E-state index contributed by atoms with van der Waals surface area (Å²) in [5.74, 6) is 1.08. The average Bonchev–Trinajstić information content (AvgIpc) is 2.89. The maximum absolute atomic E-state index is 12.3. The van der Waals surface area contributed by atoms with Crippen LogP contribution in [0.4, 0.5) is 0 Å². The standard InChI is InChI=1S/C15H16N2O3S/c1-9-8-21-13(17-9)7-16-15(18)14-10(2)19-11-5-3-4-6-12(11)20-14/h3-6,8,10,14H,7H2,1-2H3,(H,16,18)/t10-,14+/m1/s1. The maximum Gasteiger partial charge on any atom is 0.265 e. The van der Waals surface area contributed by atoms with E-state index in [0.717, 1.165) is 10.7 Å². The fourth-order valence-electron chi connectivity index (χ4n) is 2.15. The van der Waals surface area contributed by atoms with E-state index in [2.05, 4.69) is 10.3 Å². The minimum Gasteiger partial charge on any atom is -0.482 e. The van der Waals surface area contributed by atoms with Gasteiger partial charge in [0.15, 0.2) is 11.5 Å². The van der Waals surface area contributed by atoms with Crippen molar-refractivity contribution in [2.24, 2.45) is 0 Å². The molecule has 0 fully saturated rings. The lowest BCUT2D eigenvalue weighted by Crippen LogP contribution is -2.48. The Morgan fingerprint density at radius 2 is 2.05 bits per heavy atom. The molecule has 0 radical (unpaired) electrons. The molecule has 1 aromatic heterocycles. The zero-order chi connectivity index (χ0) is 14.8. The molecule has 0 aliphatic carbocycles. The van der Waals surface area contributed by atoms with Crippen LogP contribution in [-0.2, 0) is 11.3 Å². The molecule has 110 valence electrons. The van der Waals surface area contributed by atoms with Crippen LogP contribution in [0.5, 0.6) is 11.5 Å². The third-order valence-corrected chi connectivity index (χ3v) is 4.15. The van der Waals surface area contributed by atoms with Crippen molar-refractivity contribution >= 4 is 17.2 Å². The second-order valence-electron chi connectivity index (χ2n) is 4.91. The third-order valence-electron chi connectivity index (χ3n) is 3.18. The number of nitrogens with one attached hydrogen (secondary N) is 1. The van der Waals surface area contributed by atoms with Crippen molar-refractivity contribution in [2.75, 3.05) is 0 Å². The first-order valence-corrected chi connectivity index (χ1v) is 7.62. The van der Waals surface area contributed by atoms with Gasteiger partial charge in [-0.3, -0.25) is 4.79 Å². The van der Waals surface area contributed by atoms with Gasteiger partial charge >= 0.3 is 0 Å². The highest BCUT2D eigenvalue weighted by Crippen LogP contribution is 2.33. The largest absolute Gasteiger partial charge is 0.482 e. The lowest BCUT2D eigenvalue weighted by Gasteiger charge is -2.30. The number of thiazole rings is 1. The molecule has 2 aromatic rings. The molecular weight excluding hydrogens is 288 g/mol. The zero-order valence-electron chi connectivity index (χ0n) is 11.8. The number of amides is 1. The van der Waals surface area contributed by atoms with E-state index in [1.54, 1.807) is 6.07 Å². The van der Waals surface area contributed by atoms with Crippen molar-refractivity contribution in [3.63, 3.8) is 0 Å². The van der Waals surface area contributed by atoms with Crippen LogP contribution in [-0.4, -0.2) is 23.1 Å². The Morgan fingerprint density at radius 3 is 2.71 bits per heavy atom. The summed E-state index contributed by atoms with van der Waals surface area (Å²) in [7, 11) is 0. The van der Waals surface area contributed by atoms with Gasteiger partial charge < -0.3 is 14.8 Å². The number of benzene rings is 1. The Hall–Kier alpha value is -2.08. The van der Waals surface area contributed by atoms with Gasteiger partial charge in [0.1, 0.15) is 11.1 Å². The monoisotopic (exact) mass is 304 g/mol. The normalized spacial score (nSPS) is 20.1. The lowest BCUT2D eigenvalue weighted by atomic mass is 10.1. The second kappa shape index (κ2) is 5.73. The summed E-state index contributed by atoms with van der Waals surface area (Å²) < 4.78 is 11.5. The fraction of sp³-hybridized carbons (Fsp3) is 0.333. The number of aryl methyl sites for hydroxylation is 1. The molecule has 1 aromatic carbocycles. The Bertz CT molecular complexity index is 656. The Kier molecular flexibility index (Phi) is 3.79. The molecule has 1 N–H and O–H groups in total. The van der Waals surface area contributed by atoms with Crippen molar-refractivity contribution in [1.82, 2.24) is 10.3 Å². The van der Waals surface area contributed by atoms with Crippen LogP contribution in [0.25, 0.3) is 0 Å². The minimum atomic E-state index is -0.652. The Morgan fingerprint density at radius 1 is 1.33 bits per heavy atom. The summed E-state index contributed by atoms with van der Waals surface area (Å²) >= 11 is 1.53. The summed E-state index contributed by atoms with van der Waals surface area (Å²) in [6.07, 6.45) is -0.987. The molecule has 0 spiro atoms. The smallest absolute Gasteiger partial charge is 0.265 e. The van der Waals surface area contributed by atoms with Crippen molar-refractivity contribution in [3.8, 4) is 11.5 Å². The highest BCUT2D eigenvalue weighted by atomic mass is 32.1. The van der Waals surface area contributed by atoms with Crippen LogP contribution in [0.2, 0.25) is 0 Å². The first-order valence-electron chi connectivity index (χ1n) is 6.74. The van der Waals surface area contributed by atoms with Gasteiger partial charge in [0, 0.05) is 11.1 Å². The van der Waals surface area contributed by atoms with Crippen LogP contribution in [0.15, 0.2) is 29.6 Å². The van der Waals surface area contributed by atoms with E-state index in [4.69, 9.17) is 9.47 Å². The molecular formula is C15H16N2O3S. The molecule has 2 atom stereocenters. The molecule has 1 aliphatic rings. The van der Waals surface area contributed by atoms with Crippen molar-refractivity contribution in [1.29, 1.82) is 0 Å². The van der Waals surface area contributed by atoms with Gasteiger partial charge in [-0.15, -0.1) is 11.3 Å². The van der Waals surface area contributed by atoms with E-state index in [1.165, 1.54) is 11.3 Å². The fourth-order valence-corrected chi connectivity index (χ4v) is 2.86. The van der Waals surface area contributed by atoms with Crippen LogP contribution in [0, 0.1) is 6.92 Å². The minimum absolute atomic E-state index is 0.190. The molecule has 1 amide bonds. The van der Waals surface area contributed by atoms with Crippen LogP contribution in [0.3, 0.4) is 0 Å². The van der Waals surface area contributed by atoms with Gasteiger partial charge in [0.05, 0.1) is 6.54 Å². The predicted molar refractivity (Wildman–Crippen MR) is 79.6 cm³/mol. The number of carbonyl (C=O) groups excluding carboxylic acids is 1. The summed E-state index contributed by atoms with van der Waals surface area (Å²) in [6, 6.07) is 7.36. The summed E-state index contributed by atoms with van der Waals surface area (Å²) in [5, 5.41) is 5.69. The van der Waals surface area contributed by atoms with E-state index >= 15 is 0 Å². The predicted octanol–water partition coefficient (Wildman–Crippen LogP) is 2.30. The highest BCUT2D eigenvalue weighted by molar-refractivity contribution is 7.09.